The van der Waals surface area contributed by atoms with Crippen LogP contribution in [0.2, 0.25) is 0 Å². The Hall–Kier alpha value is -5.84. The summed E-state index contributed by atoms with van der Waals surface area (Å²) < 4.78 is 13.1. The zero-order chi connectivity index (χ0) is 31.6. The van der Waals surface area contributed by atoms with Crippen molar-refractivity contribution >= 4 is 28.4 Å². The number of para-hydroxylation sites is 2. The molecule has 46 heavy (non-hydrogen) atoms. The summed E-state index contributed by atoms with van der Waals surface area (Å²) in [5.74, 6) is 0.625. The number of anilines is 1. The fourth-order valence-electron chi connectivity index (χ4n) is 5.89. The molecule has 0 atom stereocenters. The molecular formula is C35H31N5O6. The summed E-state index contributed by atoms with van der Waals surface area (Å²) in [6, 6.07) is 28.6. The summed E-state index contributed by atoms with van der Waals surface area (Å²) in [6.07, 6.45) is 0. The quantitative estimate of drug-likeness (QED) is 0.299. The molecule has 5 aromatic rings. The van der Waals surface area contributed by atoms with Gasteiger partial charge in [0.25, 0.3) is 11.5 Å². The van der Waals surface area contributed by atoms with Crippen molar-refractivity contribution in [3.05, 3.63) is 129 Å². The van der Waals surface area contributed by atoms with E-state index < -0.39 is 17.2 Å². The van der Waals surface area contributed by atoms with Gasteiger partial charge < -0.3 is 24.6 Å². The topological polar surface area (TPSA) is 115 Å². The first-order chi connectivity index (χ1) is 22.5. The lowest BCUT2D eigenvalue weighted by molar-refractivity contribution is -0.132. The molecule has 11 nitrogen and oxygen atoms in total. The smallest absolute Gasteiger partial charge is 0.336 e. The van der Waals surface area contributed by atoms with E-state index in [1.54, 1.807) is 53.4 Å². The minimum absolute atomic E-state index is 0.155. The Labute approximate surface area is 263 Å². The van der Waals surface area contributed by atoms with Gasteiger partial charge in [-0.3, -0.25) is 19.0 Å². The van der Waals surface area contributed by atoms with E-state index in [9.17, 15) is 19.2 Å². The van der Waals surface area contributed by atoms with Crippen LogP contribution in [0.3, 0.4) is 0 Å². The normalized spacial score (nSPS) is 14.0. The predicted molar refractivity (Wildman–Crippen MR) is 173 cm³/mol. The van der Waals surface area contributed by atoms with E-state index in [0.717, 1.165) is 15.8 Å². The number of ether oxygens (including phenoxy) is 2. The van der Waals surface area contributed by atoms with Gasteiger partial charge in [0.1, 0.15) is 6.54 Å². The van der Waals surface area contributed by atoms with Gasteiger partial charge in [-0.05, 0) is 60.2 Å². The minimum Gasteiger partial charge on any atom is -0.454 e. The van der Waals surface area contributed by atoms with Gasteiger partial charge in [-0.25, -0.2) is 9.36 Å². The van der Waals surface area contributed by atoms with Crippen molar-refractivity contribution in [2.24, 2.45) is 0 Å². The highest BCUT2D eigenvalue weighted by Crippen LogP contribution is 2.32. The molecule has 11 heteroatoms. The monoisotopic (exact) mass is 617 g/mol. The number of fused-ring (bicyclic) bond motifs is 2. The number of rotatable bonds is 7. The molecule has 0 unspecified atom stereocenters. The number of hydrogen-bond donors (Lipinski definition) is 1. The zero-order valence-electron chi connectivity index (χ0n) is 24.9. The second-order valence-corrected chi connectivity index (χ2v) is 11.2. The zero-order valence-corrected chi connectivity index (χ0v) is 24.9. The molecule has 7 rings (SSSR count). The molecule has 0 saturated carbocycles. The van der Waals surface area contributed by atoms with Crippen molar-refractivity contribution in [1.29, 1.82) is 0 Å². The third-order valence-electron chi connectivity index (χ3n) is 8.36. The van der Waals surface area contributed by atoms with Crippen LogP contribution in [0.15, 0.2) is 107 Å². The molecule has 4 aromatic carbocycles. The van der Waals surface area contributed by atoms with Crippen LogP contribution >= 0.6 is 0 Å². The first-order valence-electron chi connectivity index (χ1n) is 15.1. The van der Waals surface area contributed by atoms with Gasteiger partial charge in [0.15, 0.2) is 11.5 Å². The highest BCUT2D eigenvalue weighted by atomic mass is 16.7. The molecule has 1 aromatic heterocycles. The Kier molecular flexibility index (Phi) is 7.71. The van der Waals surface area contributed by atoms with Gasteiger partial charge in [0, 0.05) is 44.0 Å². The van der Waals surface area contributed by atoms with Crippen LogP contribution in [0.5, 0.6) is 11.5 Å². The van der Waals surface area contributed by atoms with E-state index in [-0.39, 0.29) is 42.3 Å². The van der Waals surface area contributed by atoms with Crippen LogP contribution in [-0.4, -0.2) is 58.8 Å². The number of amides is 2. The van der Waals surface area contributed by atoms with Crippen LogP contribution in [0.25, 0.3) is 16.6 Å². The number of nitrogens with one attached hydrogen (secondary N) is 1. The molecule has 0 radical (unpaired) electrons. The van der Waals surface area contributed by atoms with E-state index in [0.29, 0.717) is 43.4 Å². The average Bonchev–Trinajstić information content (AvgIpc) is 3.58. The Morgan fingerprint density at radius 3 is 2.17 bits per heavy atom. The molecule has 0 spiro atoms. The largest absolute Gasteiger partial charge is 0.454 e. The van der Waals surface area contributed by atoms with Crippen LogP contribution in [0.1, 0.15) is 15.9 Å². The Bertz CT molecular complexity index is 2050. The lowest BCUT2D eigenvalue weighted by Crippen LogP contribution is -2.50. The number of piperazine rings is 1. The van der Waals surface area contributed by atoms with E-state index in [1.165, 1.54) is 16.7 Å². The van der Waals surface area contributed by atoms with Crippen molar-refractivity contribution in [3.63, 3.8) is 0 Å². The third kappa shape index (κ3) is 5.58. The van der Waals surface area contributed by atoms with Gasteiger partial charge in [0.05, 0.1) is 16.6 Å². The van der Waals surface area contributed by atoms with Crippen LogP contribution in [-0.2, 0) is 17.9 Å². The molecule has 232 valence electrons. The lowest BCUT2D eigenvalue weighted by Gasteiger charge is -2.36. The Morgan fingerprint density at radius 2 is 1.43 bits per heavy atom. The van der Waals surface area contributed by atoms with Crippen molar-refractivity contribution in [2.75, 3.05) is 37.9 Å². The fourth-order valence-corrected chi connectivity index (χ4v) is 5.89. The molecule has 1 fully saturated rings. The summed E-state index contributed by atoms with van der Waals surface area (Å²) >= 11 is 0. The number of carbonyl (C=O) groups is 2. The summed E-state index contributed by atoms with van der Waals surface area (Å²) in [4.78, 5) is 58.5. The standard InChI is InChI=1S/C35H31N5O6/c41-32(38-17-15-37(16-18-38)26-7-3-1-4-8-26)22-39-29-20-25(33(42)36-21-24-11-14-30-31(19-24)46-23-45-30)12-13-28(29)34(43)40(35(39)44)27-9-5-2-6-10-27/h1-14,19-20H,15-18,21-23H2,(H,36,42). The SMILES string of the molecule is O=C(NCc1ccc2c(c1)OCO2)c1ccc2c(=O)n(-c3ccccc3)c(=O)n(CC(=O)N3CCN(c4ccccc4)CC3)c2c1. The number of hydrogen-bond acceptors (Lipinski definition) is 7. The second-order valence-electron chi connectivity index (χ2n) is 11.2. The number of nitrogens with zero attached hydrogens (tertiary/aromatic N) is 4. The number of aromatic nitrogens is 2. The van der Waals surface area contributed by atoms with E-state index >= 15 is 0 Å². The maximum atomic E-state index is 14.0. The van der Waals surface area contributed by atoms with E-state index in [4.69, 9.17) is 9.47 Å². The first kappa shape index (κ1) is 28.9. The van der Waals surface area contributed by atoms with Crippen LogP contribution in [0.4, 0.5) is 5.69 Å². The maximum Gasteiger partial charge on any atom is 0.336 e. The summed E-state index contributed by atoms with van der Waals surface area (Å²) in [6.45, 7) is 2.39. The van der Waals surface area contributed by atoms with Crippen LogP contribution in [0, 0.1) is 0 Å². The summed E-state index contributed by atoms with van der Waals surface area (Å²) in [7, 11) is 0. The molecular weight excluding hydrogens is 586 g/mol. The summed E-state index contributed by atoms with van der Waals surface area (Å²) in [5.41, 5.74) is 1.59. The lowest BCUT2D eigenvalue weighted by atomic mass is 10.1. The van der Waals surface area contributed by atoms with Crippen molar-refractivity contribution in [1.82, 2.24) is 19.4 Å². The van der Waals surface area contributed by atoms with Gasteiger partial charge in [0.2, 0.25) is 12.7 Å². The Balaban J connectivity index is 1.18. The molecule has 2 aliphatic rings. The Morgan fingerprint density at radius 1 is 0.739 bits per heavy atom. The fraction of sp³-hybridized carbons (Fsp3) is 0.200. The third-order valence-corrected chi connectivity index (χ3v) is 8.36. The molecule has 1 N–H and O–H groups in total. The van der Waals surface area contributed by atoms with Gasteiger partial charge >= 0.3 is 5.69 Å². The molecule has 1 saturated heterocycles. The first-order valence-corrected chi connectivity index (χ1v) is 15.1. The van der Waals surface area contributed by atoms with Gasteiger partial charge in [-0.2, -0.15) is 0 Å². The number of benzene rings is 4. The highest BCUT2D eigenvalue weighted by molar-refractivity contribution is 5.98. The molecule has 0 aliphatic carbocycles. The molecule has 0 bridgehead atoms. The molecule has 2 amide bonds. The van der Waals surface area contributed by atoms with Gasteiger partial charge in [-0.1, -0.05) is 42.5 Å². The highest BCUT2D eigenvalue weighted by Gasteiger charge is 2.24. The molecule has 2 aliphatic heterocycles. The van der Waals surface area contributed by atoms with E-state index in [2.05, 4.69) is 10.2 Å². The van der Waals surface area contributed by atoms with E-state index in [1.807, 2.05) is 36.4 Å². The second kappa shape index (κ2) is 12.3. The molecule has 3 heterocycles. The van der Waals surface area contributed by atoms with Crippen molar-refractivity contribution < 1.29 is 19.1 Å². The predicted octanol–water partition coefficient (Wildman–Crippen LogP) is 3.16. The average molecular weight is 618 g/mol. The number of carbonyl (C=O) groups excluding carboxylic acids is 2. The summed E-state index contributed by atoms with van der Waals surface area (Å²) in [5, 5.41) is 3.10. The van der Waals surface area contributed by atoms with Crippen LogP contribution < -0.4 is 30.9 Å². The minimum atomic E-state index is -0.655. The van der Waals surface area contributed by atoms with Crippen molar-refractivity contribution in [3.8, 4) is 17.2 Å². The van der Waals surface area contributed by atoms with Gasteiger partial charge in [-0.15, -0.1) is 0 Å². The maximum absolute atomic E-state index is 14.0. The van der Waals surface area contributed by atoms with Crippen molar-refractivity contribution in [2.45, 2.75) is 13.1 Å².